The molecule has 6 heteroatoms. The highest BCUT2D eigenvalue weighted by Crippen LogP contribution is 2.27. The molecule has 4 nitrogen and oxygen atoms in total. The predicted molar refractivity (Wildman–Crippen MR) is 50.7 cm³/mol. The van der Waals surface area contributed by atoms with E-state index in [-0.39, 0.29) is 10.6 Å². The van der Waals surface area contributed by atoms with Crippen LogP contribution in [0.25, 0.3) is 0 Å². The van der Waals surface area contributed by atoms with E-state index in [1.54, 1.807) is 0 Å². The second kappa shape index (κ2) is 3.86. The van der Waals surface area contributed by atoms with Gasteiger partial charge in [-0.2, -0.15) is 5.26 Å². The maximum Gasteiger partial charge on any atom is 0.264 e. The zero-order chi connectivity index (χ0) is 10.8. The first kappa shape index (κ1) is 10.8. The molecule has 0 radical (unpaired) electrons. The summed E-state index contributed by atoms with van der Waals surface area (Å²) >= 11 is 0. The molecule has 0 saturated carbocycles. The van der Waals surface area contributed by atoms with E-state index in [1.807, 2.05) is 6.07 Å². The SMILES string of the molecule is COc1cc(C#N)ccc1S(=O)(=O)Cl. The molecule has 0 fully saturated rings. The lowest BCUT2D eigenvalue weighted by atomic mass is 10.2. The Morgan fingerprint density at radius 1 is 1.50 bits per heavy atom. The molecular weight excluding hydrogens is 226 g/mol. The molecule has 0 bridgehead atoms. The van der Waals surface area contributed by atoms with E-state index in [9.17, 15) is 8.42 Å². The molecule has 0 atom stereocenters. The molecule has 0 unspecified atom stereocenters. The minimum Gasteiger partial charge on any atom is -0.495 e. The molecule has 1 rings (SSSR count). The van der Waals surface area contributed by atoms with Crippen molar-refractivity contribution in [1.82, 2.24) is 0 Å². The van der Waals surface area contributed by atoms with Crippen molar-refractivity contribution < 1.29 is 13.2 Å². The zero-order valence-corrected chi connectivity index (χ0v) is 8.76. The Balaban J connectivity index is 3.42. The van der Waals surface area contributed by atoms with Crippen LogP contribution >= 0.6 is 10.7 Å². The highest BCUT2D eigenvalue weighted by Gasteiger charge is 2.16. The quantitative estimate of drug-likeness (QED) is 0.724. The summed E-state index contributed by atoms with van der Waals surface area (Å²) in [5.74, 6) is 0.0686. The fraction of sp³-hybridized carbons (Fsp3) is 0.125. The van der Waals surface area contributed by atoms with Gasteiger partial charge in [0.15, 0.2) is 0 Å². The third-order valence-electron chi connectivity index (χ3n) is 1.56. The monoisotopic (exact) mass is 231 g/mol. The van der Waals surface area contributed by atoms with Crippen LogP contribution in [0.2, 0.25) is 0 Å². The molecular formula is C8H6ClNO3S. The average molecular weight is 232 g/mol. The third-order valence-corrected chi connectivity index (χ3v) is 2.92. The fourth-order valence-corrected chi connectivity index (χ4v) is 1.93. The number of nitriles is 1. The molecule has 14 heavy (non-hydrogen) atoms. The Morgan fingerprint density at radius 3 is 2.57 bits per heavy atom. The van der Waals surface area contributed by atoms with Crippen LogP contribution in [-0.4, -0.2) is 15.5 Å². The van der Waals surface area contributed by atoms with Gasteiger partial charge in [0, 0.05) is 10.7 Å². The van der Waals surface area contributed by atoms with Gasteiger partial charge in [0.1, 0.15) is 10.6 Å². The van der Waals surface area contributed by atoms with E-state index in [0.29, 0.717) is 5.56 Å². The van der Waals surface area contributed by atoms with Crippen molar-refractivity contribution in [2.75, 3.05) is 7.11 Å². The first-order chi connectivity index (χ1) is 6.49. The van der Waals surface area contributed by atoms with Gasteiger partial charge in [-0.3, -0.25) is 0 Å². The smallest absolute Gasteiger partial charge is 0.264 e. The molecule has 1 aromatic carbocycles. The number of rotatable bonds is 2. The lowest BCUT2D eigenvalue weighted by Crippen LogP contribution is -1.96. The number of halogens is 1. The molecule has 0 aliphatic heterocycles. The van der Waals surface area contributed by atoms with Crippen molar-refractivity contribution in [3.63, 3.8) is 0 Å². The molecule has 0 aromatic heterocycles. The molecule has 1 aromatic rings. The second-order valence-corrected chi connectivity index (χ2v) is 4.95. The Kier molecular flexibility index (Phi) is 2.99. The van der Waals surface area contributed by atoms with Crippen LogP contribution in [0.5, 0.6) is 5.75 Å². The number of hydrogen-bond acceptors (Lipinski definition) is 4. The van der Waals surface area contributed by atoms with E-state index < -0.39 is 9.05 Å². The highest BCUT2D eigenvalue weighted by atomic mass is 35.7. The van der Waals surface area contributed by atoms with Crippen LogP contribution in [0.4, 0.5) is 0 Å². The maximum atomic E-state index is 11.0. The van der Waals surface area contributed by atoms with E-state index in [4.69, 9.17) is 20.7 Å². The van der Waals surface area contributed by atoms with Gasteiger partial charge in [-0.25, -0.2) is 8.42 Å². The van der Waals surface area contributed by atoms with Crippen molar-refractivity contribution in [2.24, 2.45) is 0 Å². The van der Waals surface area contributed by atoms with Crippen molar-refractivity contribution in [3.8, 4) is 11.8 Å². The van der Waals surface area contributed by atoms with Crippen LogP contribution in [0.3, 0.4) is 0 Å². The van der Waals surface area contributed by atoms with E-state index in [1.165, 1.54) is 25.3 Å². The van der Waals surface area contributed by atoms with Crippen molar-refractivity contribution in [1.29, 1.82) is 5.26 Å². The minimum atomic E-state index is -3.83. The fourth-order valence-electron chi connectivity index (χ4n) is 0.939. The molecule has 0 amide bonds. The zero-order valence-electron chi connectivity index (χ0n) is 7.19. The Labute approximate surface area is 86.1 Å². The van der Waals surface area contributed by atoms with Crippen LogP contribution < -0.4 is 4.74 Å². The number of nitrogens with zero attached hydrogens (tertiary/aromatic N) is 1. The Hall–Kier alpha value is -1.25. The molecule has 0 N–H and O–H groups in total. The van der Waals surface area contributed by atoms with Gasteiger partial charge in [-0.15, -0.1) is 0 Å². The van der Waals surface area contributed by atoms with Crippen molar-refractivity contribution in [2.45, 2.75) is 4.90 Å². The summed E-state index contributed by atoms with van der Waals surface area (Å²) in [5.41, 5.74) is 0.311. The number of ether oxygens (including phenoxy) is 1. The molecule has 74 valence electrons. The first-order valence-electron chi connectivity index (χ1n) is 3.52. The van der Waals surface area contributed by atoms with Crippen LogP contribution in [0.15, 0.2) is 23.1 Å². The first-order valence-corrected chi connectivity index (χ1v) is 5.83. The molecule has 0 aliphatic carbocycles. The number of hydrogen-bond donors (Lipinski definition) is 0. The Morgan fingerprint density at radius 2 is 2.14 bits per heavy atom. The summed E-state index contributed by atoms with van der Waals surface area (Å²) in [6, 6.07) is 5.77. The summed E-state index contributed by atoms with van der Waals surface area (Å²) < 4.78 is 26.8. The van der Waals surface area contributed by atoms with E-state index in [2.05, 4.69) is 0 Å². The summed E-state index contributed by atoms with van der Waals surface area (Å²) in [6.45, 7) is 0. The summed E-state index contributed by atoms with van der Waals surface area (Å²) in [5, 5.41) is 8.56. The second-order valence-electron chi connectivity index (χ2n) is 2.42. The van der Waals surface area contributed by atoms with Crippen LogP contribution in [0.1, 0.15) is 5.56 Å². The summed E-state index contributed by atoms with van der Waals surface area (Å²) in [6.07, 6.45) is 0. The molecule has 0 saturated heterocycles. The van der Waals surface area contributed by atoms with Gasteiger partial charge >= 0.3 is 0 Å². The third kappa shape index (κ3) is 2.16. The van der Waals surface area contributed by atoms with Crippen LogP contribution in [-0.2, 0) is 9.05 Å². The van der Waals surface area contributed by atoms with E-state index in [0.717, 1.165) is 0 Å². The van der Waals surface area contributed by atoms with Gasteiger partial charge in [-0.05, 0) is 18.2 Å². The lowest BCUT2D eigenvalue weighted by molar-refractivity contribution is 0.403. The van der Waals surface area contributed by atoms with E-state index >= 15 is 0 Å². The van der Waals surface area contributed by atoms with Crippen molar-refractivity contribution in [3.05, 3.63) is 23.8 Å². The van der Waals surface area contributed by atoms with Crippen molar-refractivity contribution >= 4 is 19.7 Å². The topological polar surface area (TPSA) is 67.2 Å². The minimum absolute atomic E-state index is 0.0686. The predicted octanol–water partition coefficient (Wildman–Crippen LogP) is 1.49. The number of benzene rings is 1. The number of methoxy groups -OCH3 is 1. The average Bonchev–Trinajstić information content (AvgIpc) is 2.15. The largest absolute Gasteiger partial charge is 0.495 e. The lowest BCUT2D eigenvalue weighted by Gasteiger charge is -2.04. The highest BCUT2D eigenvalue weighted by molar-refractivity contribution is 8.13. The summed E-state index contributed by atoms with van der Waals surface area (Å²) in [4.78, 5) is -0.138. The molecule has 0 heterocycles. The Bertz CT molecular complexity index is 490. The van der Waals surface area contributed by atoms with Crippen LogP contribution in [0, 0.1) is 11.3 Å². The maximum absolute atomic E-state index is 11.0. The molecule has 0 spiro atoms. The van der Waals surface area contributed by atoms with Gasteiger partial charge in [-0.1, -0.05) is 0 Å². The van der Waals surface area contributed by atoms with Gasteiger partial charge in [0.2, 0.25) is 0 Å². The van der Waals surface area contributed by atoms with Gasteiger partial charge in [0.05, 0.1) is 18.7 Å². The standard InChI is InChI=1S/C8H6ClNO3S/c1-13-7-4-6(5-10)2-3-8(7)14(9,11)12/h2-4H,1H3. The normalized spacial score (nSPS) is 10.6. The van der Waals surface area contributed by atoms with Gasteiger partial charge in [0.25, 0.3) is 9.05 Å². The van der Waals surface area contributed by atoms with Gasteiger partial charge < -0.3 is 4.74 Å². The molecule has 0 aliphatic rings. The summed E-state index contributed by atoms with van der Waals surface area (Å²) in [7, 11) is 2.62.